The molecule has 0 saturated carbocycles. The Hall–Kier alpha value is -1.10. The quantitative estimate of drug-likeness (QED) is 0.841. The second-order valence-electron chi connectivity index (χ2n) is 5.95. The van der Waals surface area contributed by atoms with E-state index in [1.54, 1.807) is 0 Å². The van der Waals surface area contributed by atoms with Gasteiger partial charge in [0, 0.05) is 38.3 Å². The molecule has 2 unspecified atom stereocenters. The molecule has 0 spiro atoms. The summed E-state index contributed by atoms with van der Waals surface area (Å²) in [5.41, 5.74) is 2.07. The number of aliphatic hydroxyl groups is 1. The highest BCUT2D eigenvalue weighted by Crippen LogP contribution is 2.31. The maximum absolute atomic E-state index is 10.7. The van der Waals surface area contributed by atoms with Crippen molar-refractivity contribution in [1.29, 1.82) is 0 Å². The Morgan fingerprint density at radius 2 is 2.05 bits per heavy atom. The third-order valence-electron chi connectivity index (χ3n) is 4.08. The largest absolute Gasteiger partial charge is 0.493 e. The molecular weight excluding hydrogens is 264 g/mol. The lowest BCUT2D eigenvalue weighted by molar-refractivity contribution is 0.0816. The van der Waals surface area contributed by atoms with Gasteiger partial charge in [0.1, 0.15) is 5.75 Å². The van der Waals surface area contributed by atoms with Crippen LogP contribution in [0.15, 0.2) is 18.2 Å². The van der Waals surface area contributed by atoms with Gasteiger partial charge >= 0.3 is 0 Å². The van der Waals surface area contributed by atoms with Gasteiger partial charge < -0.3 is 20.1 Å². The molecule has 0 bridgehead atoms. The predicted molar refractivity (Wildman–Crippen MR) is 85.8 cm³/mol. The van der Waals surface area contributed by atoms with E-state index in [4.69, 9.17) is 4.74 Å². The molecule has 0 aliphatic carbocycles. The summed E-state index contributed by atoms with van der Waals surface area (Å²) in [5.74, 6) is 0.992. The molecule has 118 valence electrons. The first-order valence-corrected chi connectivity index (χ1v) is 7.96. The van der Waals surface area contributed by atoms with Crippen LogP contribution < -0.4 is 10.1 Å². The van der Waals surface area contributed by atoms with Crippen LogP contribution in [-0.2, 0) is 0 Å². The average molecular weight is 292 g/mol. The lowest BCUT2D eigenvalue weighted by Gasteiger charge is -2.31. The molecule has 1 aromatic rings. The number of benzene rings is 1. The fourth-order valence-electron chi connectivity index (χ4n) is 2.89. The van der Waals surface area contributed by atoms with E-state index in [9.17, 15) is 5.11 Å². The minimum atomic E-state index is -0.485. The molecule has 1 fully saturated rings. The fraction of sp³-hybridized carbons (Fsp3) is 0.647. The maximum Gasteiger partial charge on any atom is 0.125 e. The highest BCUT2D eigenvalue weighted by atomic mass is 16.5. The zero-order valence-electron chi connectivity index (χ0n) is 13.4. The van der Waals surface area contributed by atoms with Gasteiger partial charge in [-0.3, -0.25) is 0 Å². The molecule has 1 aliphatic heterocycles. The van der Waals surface area contributed by atoms with Crippen LogP contribution >= 0.6 is 0 Å². The first kappa shape index (κ1) is 16.3. The molecule has 1 heterocycles. The topological polar surface area (TPSA) is 44.7 Å². The average Bonchev–Trinajstić information content (AvgIpc) is 2.49. The van der Waals surface area contributed by atoms with Crippen molar-refractivity contribution in [3.8, 4) is 5.75 Å². The Labute approximate surface area is 128 Å². The van der Waals surface area contributed by atoms with Crippen molar-refractivity contribution in [2.24, 2.45) is 5.92 Å². The van der Waals surface area contributed by atoms with Gasteiger partial charge in [-0.1, -0.05) is 18.6 Å². The monoisotopic (exact) mass is 292 g/mol. The van der Waals surface area contributed by atoms with Crippen LogP contribution in [0.3, 0.4) is 0 Å². The van der Waals surface area contributed by atoms with Crippen molar-refractivity contribution in [2.75, 3.05) is 39.3 Å². The van der Waals surface area contributed by atoms with Crippen molar-refractivity contribution in [2.45, 2.75) is 26.9 Å². The van der Waals surface area contributed by atoms with Crippen molar-refractivity contribution in [3.63, 3.8) is 0 Å². The maximum atomic E-state index is 10.7. The molecule has 2 rings (SSSR count). The van der Waals surface area contributed by atoms with E-state index < -0.39 is 6.10 Å². The number of piperazine rings is 1. The Morgan fingerprint density at radius 1 is 1.33 bits per heavy atom. The number of hydrogen-bond donors (Lipinski definition) is 2. The SMILES string of the molecule is CCOc1ccc(C)cc1C(O)C(C)CN1CCNCC1. The minimum Gasteiger partial charge on any atom is -0.493 e. The van der Waals surface area contributed by atoms with Gasteiger partial charge in [0.25, 0.3) is 0 Å². The lowest BCUT2D eigenvalue weighted by atomic mass is 9.94. The van der Waals surface area contributed by atoms with E-state index in [0.29, 0.717) is 6.61 Å². The summed E-state index contributed by atoms with van der Waals surface area (Å²) in [6, 6.07) is 6.04. The van der Waals surface area contributed by atoms with E-state index in [-0.39, 0.29) is 5.92 Å². The number of aliphatic hydroxyl groups excluding tert-OH is 1. The number of rotatable bonds is 6. The highest BCUT2D eigenvalue weighted by Gasteiger charge is 2.23. The highest BCUT2D eigenvalue weighted by molar-refractivity contribution is 5.38. The summed E-state index contributed by atoms with van der Waals surface area (Å²) in [6.45, 7) is 11.9. The van der Waals surface area contributed by atoms with Crippen molar-refractivity contribution in [3.05, 3.63) is 29.3 Å². The van der Waals surface area contributed by atoms with Gasteiger partial charge in [0.15, 0.2) is 0 Å². The van der Waals surface area contributed by atoms with Gasteiger partial charge in [-0.25, -0.2) is 0 Å². The number of nitrogens with zero attached hydrogens (tertiary/aromatic N) is 1. The van der Waals surface area contributed by atoms with Crippen LogP contribution in [0, 0.1) is 12.8 Å². The molecule has 1 aromatic carbocycles. The minimum absolute atomic E-state index is 0.184. The van der Waals surface area contributed by atoms with Crippen molar-refractivity contribution < 1.29 is 9.84 Å². The van der Waals surface area contributed by atoms with E-state index >= 15 is 0 Å². The molecule has 1 aliphatic rings. The van der Waals surface area contributed by atoms with E-state index in [0.717, 1.165) is 49.6 Å². The Balaban J connectivity index is 2.06. The van der Waals surface area contributed by atoms with Gasteiger partial charge in [-0.05, 0) is 31.9 Å². The zero-order valence-corrected chi connectivity index (χ0v) is 13.4. The van der Waals surface area contributed by atoms with E-state index in [1.807, 2.05) is 32.0 Å². The summed E-state index contributed by atoms with van der Waals surface area (Å²) < 4.78 is 5.67. The third-order valence-corrected chi connectivity index (χ3v) is 4.08. The first-order valence-electron chi connectivity index (χ1n) is 7.96. The lowest BCUT2D eigenvalue weighted by Crippen LogP contribution is -2.45. The molecule has 2 atom stereocenters. The standard InChI is InChI=1S/C17H28N2O2/c1-4-21-16-6-5-13(2)11-15(16)17(20)14(3)12-19-9-7-18-8-10-19/h5-6,11,14,17-18,20H,4,7-10,12H2,1-3H3. The van der Waals surface area contributed by atoms with Gasteiger partial charge in [-0.15, -0.1) is 0 Å². The molecule has 0 radical (unpaired) electrons. The summed E-state index contributed by atoms with van der Waals surface area (Å²) >= 11 is 0. The van der Waals surface area contributed by atoms with Crippen LogP contribution in [0.25, 0.3) is 0 Å². The first-order chi connectivity index (χ1) is 10.1. The predicted octanol–water partition coefficient (Wildman–Crippen LogP) is 1.97. The van der Waals surface area contributed by atoms with Crippen LogP contribution in [0.5, 0.6) is 5.75 Å². The summed E-state index contributed by atoms with van der Waals surface area (Å²) in [5, 5.41) is 14.1. The summed E-state index contributed by atoms with van der Waals surface area (Å²) in [7, 11) is 0. The number of hydrogen-bond acceptors (Lipinski definition) is 4. The van der Waals surface area contributed by atoms with Crippen molar-refractivity contribution in [1.82, 2.24) is 10.2 Å². The van der Waals surface area contributed by atoms with Gasteiger partial charge in [-0.2, -0.15) is 0 Å². The number of ether oxygens (including phenoxy) is 1. The molecule has 0 aromatic heterocycles. The molecular formula is C17H28N2O2. The second-order valence-corrected chi connectivity index (χ2v) is 5.95. The smallest absolute Gasteiger partial charge is 0.125 e. The van der Waals surface area contributed by atoms with Crippen LogP contribution in [0.2, 0.25) is 0 Å². The molecule has 1 saturated heterocycles. The molecule has 4 nitrogen and oxygen atoms in total. The summed E-state index contributed by atoms with van der Waals surface area (Å²) in [6.07, 6.45) is -0.485. The molecule has 2 N–H and O–H groups in total. The fourth-order valence-corrected chi connectivity index (χ4v) is 2.89. The number of nitrogens with one attached hydrogen (secondary N) is 1. The van der Waals surface area contributed by atoms with E-state index in [1.165, 1.54) is 0 Å². The zero-order chi connectivity index (χ0) is 15.2. The summed E-state index contributed by atoms with van der Waals surface area (Å²) in [4.78, 5) is 2.42. The second kappa shape index (κ2) is 7.78. The molecule has 21 heavy (non-hydrogen) atoms. The normalized spacial score (nSPS) is 19.2. The Kier molecular flexibility index (Phi) is 6.03. The van der Waals surface area contributed by atoms with Crippen LogP contribution in [0.1, 0.15) is 31.1 Å². The molecule has 0 amide bonds. The Bertz CT molecular complexity index is 444. The van der Waals surface area contributed by atoms with E-state index in [2.05, 4.69) is 17.1 Å². The molecule has 4 heteroatoms. The van der Waals surface area contributed by atoms with Crippen LogP contribution in [-0.4, -0.2) is 49.3 Å². The Morgan fingerprint density at radius 3 is 2.71 bits per heavy atom. The third kappa shape index (κ3) is 4.43. The van der Waals surface area contributed by atoms with Crippen LogP contribution in [0.4, 0.5) is 0 Å². The van der Waals surface area contributed by atoms with Gasteiger partial charge in [0.2, 0.25) is 0 Å². The van der Waals surface area contributed by atoms with Crippen molar-refractivity contribution >= 4 is 0 Å². The number of aryl methyl sites for hydroxylation is 1. The van der Waals surface area contributed by atoms with Gasteiger partial charge in [0.05, 0.1) is 12.7 Å².